The summed E-state index contributed by atoms with van der Waals surface area (Å²) in [6, 6.07) is 12.7. The molecule has 0 fully saturated rings. The molecule has 0 saturated heterocycles. The first-order valence-corrected chi connectivity index (χ1v) is 12.4. The van der Waals surface area contributed by atoms with Gasteiger partial charge in [0.2, 0.25) is 5.75 Å². The number of amidine groups is 1. The number of halogens is 3. The molecule has 3 aromatic rings. The zero-order valence-electron chi connectivity index (χ0n) is 23.2. The number of hydrogen-bond donors (Lipinski definition) is 4. The maximum atomic E-state index is 14.1. The number of rotatable bonds is 10. The van der Waals surface area contributed by atoms with Crippen molar-refractivity contribution in [3.63, 3.8) is 0 Å². The van der Waals surface area contributed by atoms with Crippen LogP contribution in [0.5, 0.6) is 17.2 Å². The van der Waals surface area contributed by atoms with Gasteiger partial charge in [-0.05, 0) is 48.5 Å². The Bertz CT molecular complexity index is 1600. The van der Waals surface area contributed by atoms with Crippen molar-refractivity contribution in [1.29, 1.82) is 5.41 Å². The molecule has 1 aliphatic heterocycles. The number of amides is 3. The van der Waals surface area contributed by atoms with Gasteiger partial charge in [-0.1, -0.05) is 12.1 Å². The number of esters is 1. The molecule has 13 nitrogen and oxygen atoms in total. The van der Waals surface area contributed by atoms with E-state index in [0.717, 1.165) is 12.1 Å². The summed E-state index contributed by atoms with van der Waals surface area (Å²) in [4.78, 5) is 52.6. The van der Waals surface area contributed by atoms with Crippen LogP contribution in [0.4, 0.5) is 18.9 Å². The van der Waals surface area contributed by atoms with E-state index in [0.29, 0.717) is 0 Å². The molecule has 0 spiro atoms. The highest BCUT2D eigenvalue weighted by Crippen LogP contribution is 2.43. The largest absolute Gasteiger partial charge is 0.493 e. The van der Waals surface area contributed by atoms with Gasteiger partial charge in [0, 0.05) is 16.8 Å². The van der Waals surface area contributed by atoms with E-state index in [1.54, 1.807) is 0 Å². The second-order valence-corrected chi connectivity index (χ2v) is 9.03. The first-order valence-electron chi connectivity index (χ1n) is 12.4. The standard InChI is InChI=1S/C28H24F3N5O8/c1-41-19-12-15(13-20(42-2)21(19)43-3)27(44-26(40)28(29,30)31,34-16-10-8-14(9-11-16)22(32)33)25(39)35-36-23(37)17-6-4-5-7-18(17)24(36)38/h4-13,34H,1-3H3,(H3,32,33)(H,35,39). The maximum absolute atomic E-state index is 14.1. The Hall–Kier alpha value is -5.80. The number of methoxy groups -OCH3 is 3. The number of nitrogens with two attached hydrogens (primary N) is 1. The number of alkyl halides is 3. The first-order chi connectivity index (χ1) is 20.8. The number of fused-ring (bicyclic) bond motifs is 1. The lowest BCUT2D eigenvalue weighted by molar-refractivity contribution is -0.213. The minimum absolute atomic E-state index is 0.0265. The molecule has 5 N–H and O–H groups in total. The van der Waals surface area contributed by atoms with Crippen molar-refractivity contribution in [2.75, 3.05) is 26.6 Å². The number of ether oxygens (including phenoxy) is 4. The van der Waals surface area contributed by atoms with Gasteiger partial charge >= 0.3 is 18.1 Å². The molecule has 0 aliphatic carbocycles. The number of hydrazine groups is 1. The normalized spacial score (nSPS) is 13.8. The van der Waals surface area contributed by atoms with Gasteiger partial charge in [-0.2, -0.15) is 18.2 Å². The van der Waals surface area contributed by atoms with Crippen LogP contribution in [0.3, 0.4) is 0 Å². The van der Waals surface area contributed by atoms with E-state index in [1.165, 1.54) is 69.9 Å². The molecule has 0 bridgehead atoms. The predicted octanol–water partition coefficient (Wildman–Crippen LogP) is 2.69. The first kappa shape index (κ1) is 31.1. The van der Waals surface area contributed by atoms with Crippen LogP contribution in [-0.2, 0) is 20.1 Å². The number of nitrogens with one attached hydrogen (secondary N) is 3. The summed E-state index contributed by atoms with van der Waals surface area (Å²) in [6.07, 6.45) is -5.61. The van der Waals surface area contributed by atoms with Crippen molar-refractivity contribution in [2.24, 2.45) is 5.73 Å². The maximum Gasteiger partial charge on any atom is 0.491 e. The number of carbonyl (C=O) groups excluding carboxylic acids is 4. The summed E-state index contributed by atoms with van der Waals surface area (Å²) in [5, 5.41) is 10.3. The lowest BCUT2D eigenvalue weighted by Gasteiger charge is -2.35. The van der Waals surface area contributed by atoms with Crippen LogP contribution >= 0.6 is 0 Å². The summed E-state index contributed by atoms with van der Waals surface area (Å²) in [7, 11) is 3.63. The van der Waals surface area contributed by atoms with Gasteiger partial charge in [0.05, 0.1) is 32.5 Å². The van der Waals surface area contributed by atoms with Crippen molar-refractivity contribution in [2.45, 2.75) is 11.9 Å². The number of benzene rings is 3. The van der Waals surface area contributed by atoms with E-state index in [2.05, 4.69) is 5.32 Å². The number of carbonyl (C=O) groups is 4. The summed E-state index contributed by atoms with van der Waals surface area (Å²) in [6.45, 7) is 0. The van der Waals surface area contributed by atoms with Crippen LogP contribution in [0, 0.1) is 5.41 Å². The van der Waals surface area contributed by atoms with Crippen molar-refractivity contribution in [3.05, 3.63) is 82.9 Å². The third-order valence-corrected chi connectivity index (χ3v) is 6.39. The summed E-state index contributed by atoms with van der Waals surface area (Å²) < 4.78 is 61.8. The lowest BCUT2D eigenvalue weighted by atomic mass is 9.99. The second kappa shape index (κ2) is 11.8. The molecule has 1 unspecified atom stereocenters. The van der Waals surface area contributed by atoms with Crippen LogP contribution in [0.2, 0.25) is 0 Å². The quantitative estimate of drug-likeness (QED) is 0.0870. The average molecular weight is 616 g/mol. The Morgan fingerprint density at radius 3 is 1.82 bits per heavy atom. The molecule has 0 radical (unpaired) electrons. The van der Waals surface area contributed by atoms with E-state index in [4.69, 9.17) is 30.1 Å². The molecule has 1 aliphatic rings. The zero-order valence-corrected chi connectivity index (χ0v) is 23.2. The fourth-order valence-electron chi connectivity index (χ4n) is 4.28. The van der Waals surface area contributed by atoms with E-state index >= 15 is 0 Å². The molecular formula is C28H24F3N5O8. The Kier molecular flexibility index (Phi) is 8.37. The SMILES string of the molecule is COc1cc(C(Nc2ccc(C(=N)N)cc2)(OC(=O)C(F)(F)F)C(=O)NN2C(=O)c3ccccc3C2=O)cc(OC)c1OC. The van der Waals surface area contributed by atoms with E-state index < -0.39 is 41.2 Å². The average Bonchev–Trinajstić information content (AvgIpc) is 3.24. The van der Waals surface area contributed by atoms with Gasteiger partial charge in [-0.25, -0.2) is 4.79 Å². The minimum atomic E-state index is -5.61. The van der Waals surface area contributed by atoms with E-state index in [1.807, 2.05) is 5.43 Å². The molecule has 3 aromatic carbocycles. The molecule has 0 saturated carbocycles. The number of imide groups is 1. The third-order valence-electron chi connectivity index (χ3n) is 6.39. The highest BCUT2D eigenvalue weighted by atomic mass is 19.4. The van der Waals surface area contributed by atoms with Gasteiger partial charge in [-0.3, -0.25) is 25.2 Å². The van der Waals surface area contributed by atoms with Gasteiger partial charge in [0.1, 0.15) is 5.84 Å². The Morgan fingerprint density at radius 1 is 0.864 bits per heavy atom. The minimum Gasteiger partial charge on any atom is -0.493 e. The van der Waals surface area contributed by atoms with Crippen molar-refractivity contribution in [3.8, 4) is 17.2 Å². The summed E-state index contributed by atoms with van der Waals surface area (Å²) >= 11 is 0. The van der Waals surface area contributed by atoms with Gasteiger partial charge in [0.15, 0.2) is 11.5 Å². The zero-order chi connectivity index (χ0) is 32.4. The fraction of sp³-hybridized carbons (Fsp3) is 0.179. The number of nitrogens with zero attached hydrogens (tertiary/aromatic N) is 1. The molecule has 0 aromatic heterocycles. The van der Waals surface area contributed by atoms with Gasteiger partial charge < -0.3 is 30.0 Å². The monoisotopic (exact) mass is 615 g/mol. The van der Waals surface area contributed by atoms with Crippen molar-refractivity contribution in [1.82, 2.24) is 10.4 Å². The highest BCUT2D eigenvalue weighted by Gasteiger charge is 2.54. The fourth-order valence-corrected chi connectivity index (χ4v) is 4.28. The topological polar surface area (TPSA) is 182 Å². The number of anilines is 1. The Balaban J connectivity index is 1.94. The van der Waals surface area contributed by atoms with Crippen LogP contribution in [0.25, 0.3) is 0 Å². The smallest absolute Gasteiger partial charge is 0.491 e. The molecule has 1 atom stereocenters. The van der Waals surface area contributed by atoms with Crippen LogP contribution in [0.1, 0.15) is 31.8 Å². The summed E-state index contributed by atoms with van der Waals surface area (Å²) in [5.41, 5.74) is 3.75. The number of nitrogen functional groups attached to an aromatic ring is 1. The Labute approximate surface area is 247 Å². The Morgan fingerprint density at radius 2 is 1.39 bits per heavy atom. The van der Waals surface area contributed by atoms with Crippen molar-refractivity contribution < 1.29 is 51.3 Å². The van der Waals surface area contributed by atoms with Crippen LogP contribution in [0.15, 0.2) is 60.7 Å². The molecule has 3 amide bonds. The van der Waals surface area contributed by atoms with E-state index in [-0.39, 0.29) is 50.5 Å². The van der Waals surface area contributed by atoms with Gasteiger partial charge in [0.25, 0.3) is 17.5 Å². The predicted molar refractivity (Wildman–Crippen MR) is 146 cm³/mol. The molecule has 1 heterocycles. The lowest BCUT2D eigenvalue weighted by Crippen LogP contribution is -2.59. The van der Waals surface area contributed by atoms with Crippen LogP contribution in [-0.4, -0.2) is 62.0 Å². The van der Waals surface area contributed by atoms with Gasteiger partial charge in [-0.15, -0.1) is 0 Å². The molecule has 4 rings (SSSR count). The summed E-state index contributed by atoms with van der Waals surface area (Å²) in [5.74, 6) is -7.07. The van der Waals surface area contributed by atoms with E-state index in [9.17, 15) is 32.3 Å². The van der Waals surface area contributed by atoms with Crippen molar-refractivity contribution >= 4 is 35.2 Å². The molecular weight excluding hydrogens is 591 g/mol. The third kappa shape index (κ3) is 5.64. The molecule has 230 valence electrons. The molecule has 16 heteroatoms. The second-order valence-electron chi connectivity index (χ2n) is 9.03. The molecule has 44 heavy (non-hydrogen) atoms. The highest BCUT2D eigenvalue weighted by molar-refractivity contribution is 6.22. The van der Waals surface area contributed by atoms with Crippen LogP contribution < -0.4 is 30.7 Å². The number of hydrogen-bond acceptors (Lipinski definition) is 10.